The Labute approximate surface area is 76.7 Å². The largest absolute Gasteiger partial charge is 0.382 e. The summed E-state index contributed by atoms with van der Waals surface area (Å²) in [5.41, 5.74) is 0. The van der Waals surface area contributed by atoms with E-state index in [1.807, 2.05) is 0 Å². The second-order valence-corrected chi connectivity index (χ2v) is 3.29. The Balaban J connectivity index is 3.43. The summed E-state index contributed by atoms with van der Waals surface area (Å²) in [6.45, 7) is 7.58. The third kappa shape index (κ3) is 5.56. The van der Waals surface area contributed by atoms with Crippen molar-refractivity contribution in [1.29, 1.82) is 0 Å². The molecule has 0 aromatic rings. The fourth-order valence-electron chi connectivity index (χ4n) is 1.29. The predicted octanol–water partition coefficient (Wildman–Crippen LogP) is 2.19. The van der Waals surface area contributed by atoms with E-state index in [0.717, 1.165) is 13.0 Å². The molecule has 0 spiro atoms. The molecule has 0 bridgehead atoms. The van der Waals surface area contributed by atoms with E-state index in [1.54, 1.807) is 7.11 Å². The van der Waals surface area contributed by atoms with Crippen LogP contribution in [0.4, 0.5) is 0 Å². The summed E-state index contributed by atoms with van der Waals surface area (Å²) in [6, 6.07) is 0.674. The van der Waals surface area contributed by atoms with E-state index in [1.165, 1.54) is 12.8 Å². The van der Waals surface area contributed by atoms with Gasteiger partial charge in [0.2, 0.25) is 0 Å². The summed E-state index contributed by atoms with van der Waals surface area (Å²) in [5, 5.41) is 3.46. The molecule has 2 nitrogen and oxygen atoms in total. The molecule has 0 amide bonds. The highest BCUT2D eigenvalue weighted by molar-refractivity contribution is 4.65. The van der Waals surface area contributed by atoms with E-state index < -0.39 is 0 Å². The lowest BCUT2D eigenvalue weighted by Gasteiger charge is -2.17. The zero-order valence-corrected chi connectivity index (χ0v) is 8.89. The van der Waals surface area contributed by atoms with Gasteiger partial charge in [-0.15, -0.1) is 0 Å². The average Bonchev–Trinajstić information content (AvgIpc) is 2.11. The van der Waals surface area contributed by atoms with Gasteiger partial charge in [-0.05, 0) is 32.7 Å². The Hall–Kier alpha value is -0.0800. The summed E-state index contributed by atoms with van der Waals surface area (Å²) in [5.74, 6) is 0. The topological polar surface area (TPSA) is 21.3 Å². The van der Waals surface area contributed by atoms with Crippen LogP contribution in [0.3, 0.4) is 0 Å². The molecule has 0 saturated heterocycles. The summed E-state index contributed by atoms with van der Waals surface area (Å²) >= 11 is 0. The average molecular weight is 173 g/mol. The number of ether oxygens (including phenoxy) is 1. The van der Waals surface area contributed by atoms with E-state index in [2.05, 4.69) is 26.1 Å². The standard InChI is InChI=1S/C10H23NO/c1-5-10(11-6-2)8-7-9(3)12-4/h9-11H,5-8H2,1-4H3. The van der Waals surface area contributed by atoms with Crippen molar-refractivity contribution in [1.82, 2.24) is 5.32 Å². The molecule has 0 saturated carbocycles. The number of hydrogen-bond acceptors (Lipinski definition) is 2. The molecule has 0 aromatic heterocycles. The van der Waals surface area contributed by atoms with Crippen LogP contribution in [-0.2, 0) is 4.74 Å². The molecule has 2 heteroatoms. The molecule has 0 fully saturated rings. The first-order valence-corrected chi connectivity index (χ1v) is 5.00. The Kier molecular flexibility index (Phi) is 7.51. The predicted molar refractivity (Wildman–Crippen MR) is 53.5 cm³/mol. The van der Waals surface area contributed by atoms with Crippen LogP contribution in [0, 0.1) is 0 Å². The maximum Gasteiger partial charge on any atom is 0.0543 e. The maximum absolute atomic E-state index is 5.20. The molecule has 0 aliphatic heterocycles. The number of methoxy groups -OCH3 is 1. The van der Waals surface area contributed by atoms with Gasteiger partial charge in [0.1, 0.15) is 0 Å². The van der Waals surface area contributed by atoms with Crippen molar-refractivity contribution >= 4 is 0 Å². The minimum absolute atomic E-state index is 0.401. The van der Waals surface area contributed by atoms with Crippen LogP contribution >= 0.6 is 0 Å². The van der Waals surface area contributed by atoms with Crippen LogP contribution in [0.15, 0.2) is 0 Å². The fraction of sp³-hybridized carbons (Fsp3) is 1.00. The van der Waals surface area contributed by atoms with Crippen LogP contribution in [0.1, 0.15) is 40.0 Å². The van der Waals surface area contributed by atoms with E-state index in [0.29, 0.717) is 12.1 Å². The normalized spacial score (nSPS) is 16.0. The van der Waals surface area contributed by atoms with Gasteiger partial charge in [-0.2, -0.15) is 0 Å². The molecule has 12 heavy (non-hydrogen) atoms. The molecular weight excluding hydrogens is 150 g/mol. The number of rotatable bonds is 7. The molecule has 0 aliphatic rings. The lowest BCUT2D eigenvalue weighted by Crippen LogP contribution is -2.29. The molecule has 1 N–H and O–H groups in total. The highest BCUT2D eigenvalue weighted by atomic mass is 16.5. The van der Waals surface area contributed by atoms with Gasteiger partial charge >= 0.3 is 0 Å². The maximum atomic E-state index is 5.20. The zero-order valence-electron chi connectivity index (χ0n) is 8.89. The zero-order chi connectivity index (χ0) is 9.40. The van der Waals surface area contributed by atoms with Gasteiger partial charge in [0.25, 0.3) is 0 Å². The minimum Gasteiger partial charge on any atom is -0.382 e. The molecule has 2 unspecified atom stereocenters. The summed E-state index contributed by atoms with van der Waals surface area (Å²) in [4.78, 5) is 0. The smallest absolute Gasteiger partial charge is 0.0543 e. The van der Waals surface area contributed by atoms with Crippen molar-refractivity contribution in [3.05, 3.63) is 0 Å². The van der Waals surface area contributed by atoms with Gasteiger partial charge in [-0.1, -0.05) is 13.8 Å². The van der Waals surface area contributed by atoms with Gasteiger partial charge in [-0.3, -0.25) is 0 Å². The lowest BCUT2D eigenvalue weighted by atomic mass is 10.1. The van der Waals surface area contributed by atoms with Crippen molar-refractivity contribution in [2.45, 2.75) is 52.2 Å². The third-order valence-corrected chi connectivity index (χ3v) is 2.31. The van der Waals surface area contributed by atoms with E-state index in [4.69, 9.17) is 4.74 Å². The highest BCUT2D eigenvalue weighted by Crippen LogP contribution is 2.06. The van der Waals surface area contributed by atoms with E-state index in [9.17, 15) is 0 Å². The van der Waals surface area contributed by atoms with Crippen molar-refractivity contribution < 1.29 is 4.74 Å². The van der Waals surface area contributed by atoms with Crippen LogP contribution in [0.2, 0.25) is 0 Å². The van der Waals surface area contributed by atoms with Crippen LogP contribution in [0.25, 0.3) is 0 Å². The summed E-state index contributed by atoms with van der Waals surface area (Å²) in [7, 11) is 1.78. The Morgan fingerprint density at radius 2 is 1.92 bits per heavy atom. The van der Waals surface area contributed by atoms with Crippen molar-refractivity contribution in [2.75, 3.05) is 13.7 Å². The first kappa shape index (κ1) is 11.9. The van der Waals surface area contributed by atoms with Gasteiger partial charge in [0.05, 0.1) is 6.10 Å². The number of hydrogen-bond donors (Lipinski definition) is 1. The third-order valence-electron chi connectivity index (χ3n) is 2.31. The quantitative estimate of drug-likeness (QED) is 0.637. The first-order chi connectivity index (χ1) is 5.74. The Bertz CT molecular complexity index is 95.8. The van der Waals surface area contributed by atoms with Crippen LogP contribution in [0.5, 0.6) is 0 Å². The molecule has 2 atom stereocenters. The van der Waals surface area contributed by atoms with Gasteiger partial charge in [0.15, 0.2) is 0 Å². The van der Waals surface area contributed by atoms with Crippen LogP contribution in [-0.4, -0.2) is 25.8 Å². The molecule has 0 heterocycles. The van der Waals surface area contributed by atoms with Crippen molar-refractivity contribution in [3.63, 3.8) is 0 Å². The van der Waals surface area contributed by atoms with E-state index in [-0.39, 0.29) is 0 Å². The fourth-order valence-corrected chi connectivity index (χ4v) is 1.29. The number of nitrogens with one attached hydrogen (secondary N) is 1. The summed E-state index contributed by atoms with van der Waals surface area (Å²) in [6.07, 6.45) is 3.99. The molecule has 0 radical (unpaired) electrons. The first-order valence-electron chi connectivity index (χ1n) is 5.00. The SMILES string of the molecule is CCNC(CC)CCC(C)OC. The van der Waals surface area contributed by atoms with E-state index >= 15 is 0 Å². The minimum atomic E-state index is 0.401. The Morgan fingerprint density at radius 1 is 1.25 bits per heavy atom. The molecular formula is C10H23NO. The lowest BCUT2D eigenvalue weighted by molar-refractivity contribution is 0.106. The monoisotopic (exact) mass is 173 g/mol. The molecule has 0 aromatic carbocycles. The van der Waals surface area contributed by atoms with Gasteiger partial charge < -0.3 is 10.1 Å². The molecule has 74 valence electrons. The second kappa shape index (κ2) is 7.56. The van der Waals surface area contributed by atoms with Gasteiger partial charge in [0, 0.05) is 13.2 Å². The van der Waals surface area contributed by atoms with Gasteiger partial charge in [-0.25, -0.2) is 0 Å². The highest BCUT2D eigenvalue weighted by Gasteiger charge is 2.06. The van der Waals surface area contributed by atoms with Crippen LogP contribution < -0.4 is 5.32 Å². The summed E-state index contributed by atoms with van der Waals surface area (Å²) < 4.78 is 5.20. The van der Waals surface area contributed by atoms with Crippen molar-refractivity contribution in [3.8, 4) is 0 Å². The van der Waals surface area contributed by atoms with Crippen molar-refractivity contribution in [2.24, 2.45) is 0 Å². The molecule has 0 aliphatic carbocycles. The Morgan fingerprint density at radius 3 is 2.33 bits per heavy atom. The molecule has 0 rings (SSSR count). The second-order valence-electron chi connectivity index (χ2n) is 3.29.